The van der Waals surface area contributed by atoms with E-state index in [0.29, 0.717) is 0 Å². The van der Waals surface area contributed by atoms with E-state index in [0.717, 1.165) is 0 Å². The Morgan fingerprint density at radius 3 is 2.42 bits per heavy atom. The van der Waals surface area contributed by atoms with Crippen molar-refractivity contribution in [3.63, 3.8) is 0 Å². The molecule has 1 saturated heterocycles. The zero-order valence-corrected chi connectivity index (χ0v) is 10.7. The van der Waals surface area contributed by atoms with Gasteiger partial charge in [0.15, 0.2) is 6.29 Å². The summed E-state index contributed by atoms with van der Waals surface area (Å²) >= 11 is 0. The van der Waals surface area contributed by atoms with Crippen molar-refractivity contribution in [1.82, 2.24) is 0 Å². The van der Waals surface area contributed by atoms with Gasteiger partial charge in [0, 0.05) is 7.11 Å². The van der Waals surface area contributed by atoms with Gasteiger partial charge in [0.05, 0.1) is 6.61 Å². The molecule has 0 saturated carbocycles. The van der Waals surface area contributed by atoms with E-state index in [2.05, 4.69) is 11.8 Å². The number of terminal acetylenes is 2. The standard InChI is InChI=1S/C13H18O6/c1-4-6-17-8-9-12(18-7-5-2)10(14)11(15)13(16-3)19-9/h1-2,9-15H,6-8H2,3H3/t9-,10-,11-,12-,13+/m1/s1. The molecule has 0 amide bonds. The monoisotopic (exact) mass is 270 g/mol. The van der Waals surface area contributed by atoms with Gasteiger partial charge in [-0.25, -0.2) is 0 Å². The van der Waals surface area contributed by atoms with Crippen molar-refractivity contribution in [3.05, 3.63) is 0 Å². The minimum Gasteiger partial charge on any atom is -0.387 e. The molecule has 1 aliphatic rings. The number of methoxy groups -OCH3 is 1. The number of hydrogen-bond donors (Lipinski definition) is 2. The fourth-order valence-corrected chi connectivity index (χ4v) is 1.82. The van der Waals surface area contributed by atoms with E-state index < -0.39 is 30.7 Å². The lowest BCUT2D eigenvalue weighted by Gasteiger charge is -2.41. The molecule has 0 unspecified atom stereocenters. The fraction of sp³-hybridized carbons (Fsp3) is 0.692. The Kier molecular flexibility index (Phi) is 6.82. The Hall–Kier alpha value is -1.12. The second kappa shape index (κ2) is 8.13. The largest absolute Gasteiger partial charge is 0.387 e. The molecule has 1 aliphatic heterocycles. The van der Waals surface area contributed by atoms with Crippen molar-refractivity contribution in [2.75, 3.05) is 26.9 Å². The Labute approximate surface area is 112 Å². The highest BCUT2D eigenvalue weighted by molar-refractivity contribution is 4.93. The highest BCUT2D eigenvalue weighted by Gasteiger charge is 2.45. The zero-order valence-electron chi connectivity index (χ0n) is 10.7. The van der Waals surface area contributed by atoms with Crippen LogP contribution in [0, 0.1) is 24.7 Å². The van der Waals surface area contributed by atoms with Crippen molar-refractivity contribution in [3.8, 4) is 24.7 Å². The van der Waals surface area contributed by atoms with E-state index in [1.54, 1.807) is 0 Å². The second-order valence-electron chi connectivity index (χ2n) is 3.96. The van der Waals surface area contributed by atoms with Crippen LogP contribution in [0.3, 0.4) is 0 Å². The average molecular weight is 270 g/mol. The van der Waals surface area contributed by atoms with Crippen molar-refractivity contribution in [1.29, 1.82) is 0 Å². The van der Waals surface area contributed by atoms with Gasteiger partial charge in [-0.15, -0.1) is 12.8 Å². The molecule has 0 radical (unpaired) electrons. The Balaban J connectivity index is 2.69. The SMILES string of the molecule is C#CCOC[C@H]1O[C@H](OC)[C@H](O)[C@@H](O)[C@@H]1OCC#C. The van der Waals surface area contributed by atoms with Crippen LogP contribution in [0.25, 0.3) is 0 Å². The van der Waals surface area contributed by atoms with Crippen LogP contribution in [0.4, 0.5) is 0 Å². The van der Waals surface area contributed by atoms with Gasteiger partial charge in [-0.3, -0.25) is 0 Å². The summed E-state index contributed by atoms with van der Waals surface area (Å²) in [6, 6.07) is 0. The summed E-state index contributed by atoms with van der Waals surface area (Å²) in [5.74, 6) is 4.60. The van der Waals surface area contributed by atoms with Crippen LogP contribution in [0.15, 0.2) is 0 Å². The molecular formula is C13H18O6. The van der Waals surface area contributed by atoms with Crippen LogP contribution < -0.4 is 0 Å². The Bertz CT molecular complexity index is 344. The molecule has 1 fully saturated rings. The first-order chi connectivity index (χ1) is 9.15. The van der Waals surface area contributed by atoms with Crippen molar-refractivity contribution in [2.24, 2.45) is 0 Å². The lowest BCUT2D eigenvalue weighted by Crippen LogP contribution is -2.60. The van der Waals surface area contributed by atoms with Gasteiger partial charge >= 0.3 is 0 Å². The molecule has 0 aromatic heterocycles. The topological polar surface area (TPSA) is 77.4 Å². The third-order valence-corrected chi connectivity index (χ3v) is 2.70. The summed E-state index contributed by atoms with van der Waals surface area (Å²) in [7, 11) is 1.36. The molecule has 0 bridgehead atoms. The Morgan fingerprint density at radius 2 is 1.84 bits per heavy atom. The number of rotatable bonds is 6. The van der Waals surface area contributed by atoms with Crippen LogP contribution in [-0.4, -0.2) is 67.8 Å². The van der Waals surface area contributed by atoms with Gasteiger partial charge in [0.1, 0.15) is 37.6 Å². The summed E-state index contributed by atoms with van der Waals surface area (Å²) in [6.45, 7) is 0.197. The first-order valence-electron chi connectivity index (χ1n) is 5.76. The molecule has 0 aromatic rings. The molecule has 5 atom stereocenters. The van der Waals surface area contributed by atoms with Gasteiger partial charge in [0.2, 0.25) is 0 Å². The molecular weight excluding hydrogens is 252 g/mol. The molecule has 106 valence electrons. The summed E-state index contributed by atoms with van der Waals surface area (Å²) in [6.07, 6.45) is 5.36. The van der Waals surface area contributed by atoms with Gasteiger partial charge in [-0.1, -0.05) is 11.8 Å². The van der Waals surface area contributed by atoms with Gasteiger partial charge in [-0.2, -0.15) is 0 Å². The summed E-state index contributed by atoms with van der Waals surface area (Å²) in [5.41, 5.74) is 0. The highest BCUT2D eigenvalue weighted by Crippen LogP contribution is 2.24. The Morgan fingerprint density at radius 1 is 1.16 bits per heavy atom. The third-order valence-electron chi connectivity index (χ3n) is 2.70. The number of hydrogen-bond acceptors (Lipinski definition) is 6. The van der Waals surface area contributed by atoms with Gasteiger partial charge < -0.3 is 29.2 Å². The minimum atomic E-state index is -1.23. The van der Waals surface area contributed by atoms with Crippen LogP contribution in [0.2, 0.25) is 0 Å². The molecule has 0 spiro atoms. The molecule has 6 nitrogen and oxygen atoms in total. The van der Waals surface area contributed by atoms with E-state index >= 15 is 0 Å². The molecule has 2 N–H and O–H groups in total. The molecule has 0 aromatic carbocycles. The third kappa shape index (κ3) is 4.19. The maximum absolute atomic E-state index is 9.99. The minimum absolute atomic E-state index is 0.0128. The molecule has 1 rings (SSSR count). The average Bonchev–Trinajstić information content (AvgIpc) is 2.42. The predicted octanol–water partition coefficient (Wildman–Crippen LogP) is -1.25. The number of ether oxygens (including phenoxy) is 4. The van der Waals surface area contributed by atoms with Crippen LogP contribution in [0.1, 0.15) is 0 Å². The quantitative estimate of drug-likeness (QED) is 0.464. The van der Waals surface area contributed by atoms with E-state index in [4.69, 9.17) is 31.8 Å². The lowest BCUT2D eigenvalue weighted by atomic mass is 9.99. The summed E-state index contributed by atoms with van der Waals surface area (Å²) in [4.78, 5) is 0. The van der Waals surface area contributed by atoms with Gasteiger partial charge in [-0.05, 0) is 0 Å². The maximum Gasteiger partial charge on any atom is 0.186 e. The molecule has 1 heterocycles. The predicted molar refractivity (Wildman–Crippen MR) is 65.9 cm³/mol. The van der Waals surface area contributed by atoms with E-state index in [1.807, 2.05) is 0 Å². The van der Waals surface area contributed by atoms with Crippen LogP contribution in [0.5, 0.6) is 0 Å². The van der Waals surface area contributed by atoms with E-state index in [9.17, 15) is 10.2 Å². The van der Waals surface area contributed by atoms with Crippen LogP contribution in [-0.2, 0) is 18.9 Å². The number of aliphatic hydroxyl groups is 2. The van der Waals surface area contributed by atoms with Crippen molar-refractivity contribution in [2.45, 2.75) is 30.7 Å². The van der Waals surface area contributed by atoms with Crippen molar-refractivity contribution < 1.29 is 29.2 Å². The first-order valence-corrected chi connectivity index (χ1v) is 5.76. The lowest BCUT2D eigenvalue weighted by molar-refractivity contribution is -0.301. The first kappa shape index (κ1) is 15.9. The molecule has 19 heavy (non-hydrogen) atoms. The van der Waals surface area contributed by atoms with Gasteiger partial charge in [0.25, 0.3) is 0 Å². The summed E-state index contributed by atoms with van der Waals surface area (Å²) < 4.78 is 20.9. The smallest absolute Gasteiger partial charge is 0.186 e. The second-order valence-corrected chi connectivity index (χ2v) is 3.96. The zero-order chi connectivity index (χ0) is 14.3. The molecule has 0 aliphatic carbocycles. The molecule has 6 heteroatoms. The summed E-state index contributed by atoms with van der Waals surface area (Å²) in [5, 5.41) is 19.8. The highest BCUT2D eigenvalue weighted by atomic mass is 16.7. The fourth-order valence-electron chi connectivity index (χ4n) is 1.82. The van der Waals surface area contributed by atoms with Crippen molar-refractivity contribution >= 4 is 0 Å². The van der Waals surface area contributed by atoms with Crippen LogP contribution >= 0.6 is 0 Å². The van der Waals surface area contributed by atoms with E-state index in [-0.39, 0.29) is 19.8 Å². The normalized spacial score (nSPS) is 34.5. The number of aliphatic hydroxyl groups excluding tert-OH is 2. The maximum atomic E-state index is 9.99. The van der Waals surface area contributed by atoms with E-state index in [1.165, 1.54) is 7.11 Å².